The molecular formula is C42H49Cl2N3O7S. The monoisotopic (exact) mass is 809 g/mol. The molecule has 55 heavy (non-hydrogen) atoms. The van der Waals surface area contributed by atoms with E-state index in [1.54, 1.807) is 11.8 Å². The van der Waals surface area contributed by atoms with E-state index in [2.05, 4.69) is 35.0 Å². The lowest BCUT2D eigenvalue weighted by Crippen LogP contribution is -2.36. The molecule has 1 atom stereocenters. The summed E-state index contributed by atoms with van der Waals surface area (Å²) in [5.74, 6) is 1.19. The van der Waals surface area contributed by atoms with Gasteiger partial charge in [-0.1, -0.05) is 60.0 Å². The van der Waals surface area contributed by atoms with Crippen LogP contribution in [0.1, 0.15) is 60.8 Å². The van der Waals surface area contributed by atoms with E-state index in [0.29, 0.717) is 60.8 Å². The fourth-order valence-corrected chi connectivity index (χ4v) is 8.02. The van der Waals surface area contributed by atoms with Crippen LogP contribution < -0.4 is 14.2 Å². The summed E-state index contributed by atoms with van der Waals surface area (Å²) in [6.45, 7) is 7.36. The van der Waals surface area contributed by atoms with Gasteiger partial charge in [0, 0.05) is 53.1 Å². The van der Waals surface area contributed by atoms with Crippen LogP contribution >= 0.6 is 35.0 Å². The Hall–Kier alpha value is -4.00. The molecule has 0 amide bonds. The summed E-state index contributed by atoms with van der Waals surface area (Å²) >= 11 is 15.5. The third kappa shape index (κ3) is 11.8. The standard InChI is InChI=1S/C41H47Cl2N3O5S.CH2O2/c1-28-30(10-6-11-33(28)34-12-7-14-37(40(34)43)49-19-9-18-46-17-8-13-36(46)41(47)48)27-51-39-22-38(50-26-29-20-32(52-2)24-44-23-29)31(21-35(39)42)25-45-15-4-3-5-16-45;2-1-3/h6-7,10-12,14,20-24,36H,3-5,8-9,13,15-19,25-27H2,1-2H3,(H,47,48);1H,(H,2,3). The van der Waals surface area contributed by atoms with Crippen LogP contribution in [0.3, 0.4) is 0 Å². The van der Waals surface area contributed by atoms with Crippen molar-refractivity contribution in [3.05, 3.63) is 99.3 Å². The molecule has 2 aliphatic heterocycles. The zero-order chi connectivity index (χ0) is 39.2. The number of halogens is 2. The van der Waals surface area contributed by atoms with E-state index < -0.39 is 12.0 Å². The topological polar surface area (TPSA) is 122 Å². The molecule has 10 nitrogen and oxygen atoms in total. The zero-order valence-electron chi connectivity index (χ0n) is 31.3. The number of hydrogen-bond donors (Lipinski definition) is 2. The lowest BCUT2D eigenvalue weighted by Gasteiger charge is -2.27. The maximum atomic E-state index is 11.5. The lowest BCUT2D eigenvalue weighted by atomic mass is 9.96. The molecule has 294 valence electrons. The number of piperidine rings is 1. The van der Waals surface area contributed by atoms with Crippen LogP contribution in [0.15, 0.2) is 71.9 Å². The van der Waals surface area contributed by atoms with Crippen LogP contribution in [-0.2, 0) is 29.3 Å². The van der Waals surface area contributed by atoms with E-state index in [1.165, 1.54) is 19.3 Å². The average molecular weight is 811 g/mol. The molecule has 4 aromatic rings. The smallest absolute Gasteiger partial charge is 0.320 e. The van der Waals surface area contributed by atoms with Gasteiger partial charge in [0.15, 0.2) is 0 Å². The van der Waals surface area contributed by atoms with Crippen molar-refractivity contribution in [2.45, 2.75) is 76.1 Å². The van der Waals surface area contributed by atoms with Crippen molar-refractivity contribution in [2.75, 3.05) is 39.0 Å². The second kappa shape index (κ2) is 21.3. The highest BCUT2D eigenvalue weighted by molar-refractivity contribution is 7.98. The van der Waals surface area contributed by atoms with E-state index in [9.17, 15) is 9.90 Å². The maximum Gasteiger partial charge on any atom is 0.320 e. The minimum Gasteiger partial charge on any atom is -0.492 e. The Balaban J connectivity index is 0.00000187. The highest BCUT2D eigenvalue weighted by Crippen LogP contribution is 2.39. The molecule has 0 spiro atoms. The molecule has 2 N–H and O–H groups in total. The summed E-state index contributed by atoms with van der Waals surface area (Å²) in [7, 11) is 0. The number of hydrogen-bond acceptors (Lipinski definition) is 9. The molecule has 3 aromatic carbocycles. The molecule has 2 fully saturated rings. The van der Waals surface area contributed by atoms with Gasteiger partial charge in [0.1, 0.15) is 36.5 Å². The number of ether oxygens (including phenoxy) is 3. The molecule has 0 bridgehead atoms. The second-order valence-electron chi connectivity index (χ2n) is 13.6. The summed E-state index contributed by atoms with van der Waals surface area (Å²) in [5, 5.41) is 17.4. The van der Waals surface area contributed by atoms with Gasteiger partial charge in [-0.3, -0.25) is 24.4 Å². The fourth-order valence-electron chi connectivity index (χ4n) is 7.06. The van der Waals surface area contributed by atoms with Gasteiger partial charge in [-0.25, -0.2) is 0 Å². The van der Waals surface area contributed by atoms with Crippen LogP contribution in [0.2, 0.25) is 10.0 Å². The van der Waals surface area contributed by atoms with Crippen LogP contribution in [0, 0.1) is 6.92 Å². The Morgan fingerprint density at radius 2 is 1.65 bits per heavy atom. The first-order valence-electron chi connectivity index (χ1n) is 18.6. The largest absolute Gasteiger partial charge is 0.492 e. The van der Waals surface area contributed by atoms with Crippen molar-refractivity contribution >= 4 is 47.4 Å². The third-order valence-electron chi connectivity index (χ3n) is 9.94. The molecule has 0 saturated carbocycles. The van der Waals surface area contributed by atoms with Crippen molar-refractivity contribution in [3.63, 3.8) is 0 Å². The van der Waals surface area contributed by atoms with Crippen molar-refractivity contribution in [2.24, 2.45) is 0 Å². The van der Waals surface area contributed by atoms with Crippen molar-refractivity contribution < 1.29 is 34.0 Å². The number of carbonyl (C=O) groups is 2. The normalized spacial score (nSPS) is 15.9. The number of carboxylic acids is 1. The summed E-state index contributed by atoms with van der Waals surface area (Å²) in [6.07, 6.45) is 11.7. The molecule has 3 heterocycles. The van der Waals surface area contributed by atoms with E-state index in [1.807, 2.05) is 59.9 Å². The van der Waals surface area contributed by atoms with Gasteiger partial charge >= 0.3 is 5.97 Å². The van der Waals surface area contributed by atoms with Gasteiger partial charge in [-0.2, -0.15) is 0 Å². The first-order valence-corrected chi connectivity index (χ1v) is 20.5. The second-order valence-corrected chi connectivity index (χ2v) is 15.2. The number of aromatic nitrogens is 1. The predicted molar refractivity (Wildman–Crippen MR) is 218 cm³/mol. The van der Waals surface area contributed by atoms with Crippen LogP contribution in [0.4, 0.5) is 0 Å². The summed E-state index contributed by atoms with van der Waals surface area (Å²) < 4.78 is 19.0. The van der Waals surface area contributed by atoms with Gasteiger partial charge in [-0.15, -0.1) is 11.8 Å². The maximum absolute atomic E-state index is 11.5. The van der Waals surface area contributed by atoms with Gasteiger partial charge in [0.2, 0.25) is 0 Å². The molecule has 1 unspecified atom stereocenters. The quantitative estimate of drug-likeness (QED) is 0.0640. The number of pyridine rings is 1. The molecule has 6 rings (SSSR count). The minimum atomic E-state index is -0.748. The number of benzene rings is 3. The fraction of sp³-hybridized carbons (Fsp3) is 0.405. The number of rotatable bonds is 16. The van der Waals surface area contributed by atoms with E-state index in [4.69, 9.17) is 47.3 Å². The predicted octanol–water partition coefficient (Wildman–Crippen LogP) is 9.25. The van der Waals surface area contributed by atoms with Gasteiger partial charge < -0.3 is 24.4 Å². The van der Waals surface area contributed by atoms with Gasteiger partial charge in [0.25, 0.3) is 6.47 Å². The summed E-state index contributed by atoms with van der Waals surface area (Å²) in [4.78, 5) is 29.8. The van der Waals surface area contributed by atoms with Crippen molar-refractivity contribution in [1.29, 1.82) is 0 Å². The molecule has 1 aromatic heterocycles. The SMILES string of the molecule is CSc1cncc(COc2cc(OCc3cccc(-c4cccc(OCCCN5CCCC5C(=O)O)c4Cl)c3C)c(Cl)cc2CN2CCCCC2)c1.O=CO. The van der Waals surface area contributed by atoms with Crippen LogP contribution in [-0.4, -0.2) is 82.5 Å². The zero-order valence-corrected chi connectivity index (χ0v) is 33.7. The molecule has 2 aliphatic rings. The number of nitrogens with zero attached hydrogens (tertiary/aromatic N) is 3. The minimum absolute atomic E-state index is 0.250. The molecule has 13 heteroatoms. The first kappa shape index (κ1) is 42.1. The number of carboxylic acid groups (broad SMARTS) is 2. The Labute approximate surface area is 337 Å². The van der Waals surface area contributed by atoms with Gasteiger partial charge in [-0.05, 0) is 99.8 Å². The van der Waals surface area contributed by atoms with Crippen molar-refractivity contribution in [1.82, 2.24) is 14.8 Å². The highest BCUT2D eigenvalue weighted by Gasteiger charge is 2.29. The average Bonchev–Trinajstić information content (AvgIpc) is 3.67. The Morgan fingerprint density at radius 1 is 0.909 bits per heavy atom. The number of likely N-dealkylation sites (tertiary alicyclic amines) is 2. The number of thioether (sulfide) groups is 1. The Morgan fingerprint density at radius 3 is 2.42 bits per heavy atom. The molecule has 0 aliphatic carbocycles. The lowest BCUT2D eigenvalue weighted by molar-refractivity contribution is -0.142. The van der Waals surface area contributed by atoms with Gasteiger partial charge in [0.05, 0.1) is 16.7 Å². The van der Waals surface area contributed by atoms with E-state index in [-0.39, 0.29) is 6.47 Å². The van der Waals surface area contributed by atoms with Crippen molar-refractivity contribution in [3.8, 4) is 28.4 Å². The van der Waals surface area contributed by atoms with E-state index in [0.717, 1.165) is 76.6 Å². The summed E-state index contributed by atoms with van der Waals surface area (Å²) in [6, 6.07) is 17.5. The van der Waals surface area contributed by atoms with Crippen LogP contribution in [0.5, 0.6) is 17.2 Å². The molecular weight excluding hydrogens is 761 g/mol. The van der Waals surface area contributed by atoms with E-state index >= 15 is 0 Å². The summed E-state index contributed by atoms with van der Waals surface area (Å²) in [5.41, 5.74) is 5.97. The number of aliphatic carboxylic acids is 1. The molecule has 0 radical (unpaired) electrons. The Bertz CT molecular complexity index is 1890. The molecule has 2 saturated heterocycles. The third-order valence-corrected chi connectivity index (χ3v) is 11.3. The highest BCUT2D eigenvalue weighted by atomic mass is 35.5. The Kier molecular flexibility index (Phi) is 16.4. The van der Waals surface area contributed by atoms with Crippen LogP contribution in [0.25, 0.3) is 11.1 Å². The first-order chi connectivity index (χ1) is 26.7.